The minimum atomic E-state index is -0.300. The highest BCUT2D eigenvalue weighted by Crippen LogP contribution is 2.44. The van der Waals surface area contributed by atoms with Crippen LogP contribution in [0.5, 0.6) is 17.2 Å². The van der Waals surface area contributed by atoms with E-state index in [0.717, 1.165) is 65.8 Å². The van der Waals surface area contributed by atoms with Crippen LogP contribution in [-0.4, -0.2) is 56.7 Å². The number of amides is 2. The number of carbonyl (C=O) groups excluding carboxylic acids is 1. The second-order valence-corrected chi connectivity index (χ2v) is 14.4. The van der Waals surface area contributed by atoms with Gasteiger partial charge in [-0.3, -0.25) is 4.90 Å². The predicted octanol–water partition coefficient (Wildman–Crippen LogP) is 8.09. The summed E-state index contributed by atoms with van der Waals surface area (Å²) < 4.78 is 31.7. The third kappa shape index (κ3) is 6.20. The van der Waals surface area contributed by atoms with Crippen LogP contribution < -0.4 is 24.8 Å². The van der Waals surface area contributed by atoms with Crippen molar-refractivity contribution in [2.24, 2.45) is 0 Å². The summed E-state index contributed by atoms with van der Waals surface area (Å²) in [6, 6.07) is 14.1. The Morgan fingerprint density at radius 1 is 0.887 bits per heavy atom. The summed E-state index contributed by atoms with van der Waals surface area (Å²) in [7, 11) is 5.58. The maximum absolute atomic E-state index is 14.1. The van der Waals surface area contributed by atoms with E-state index < -0.39 is 0 Å². The van der Waals surface area contributed by atoms with Crippen molar-refractivity contribution in [2.45, 2.75) is 50.6 Å². The number of urea groups is 1. The molecule has 3 aromatic carbocycles. The summed E-state index contributed by atoms with van der Waals surface area (Å²) in [4.78, 5) is 18.4. The van der Waals surface area contributed by atoms with E-state index >= 15 is 0 Å². The quantitative estimate of drug-likeness (QED) is 0.220. The molecular formula is C43H44N4O6. The minimum Gasteiger partial charge on any atom is -0.493 e. The molecule has 12 bridgehead atoms. The van der Waals surface area contributed by atoms with Gasteiger partial charge in [0.15, 0.2) is 34.0 Å². The Hall–Kier alpha value is -5.61. The summed E-state index contributed by atoms with van der Waals surface area (Å²) >= 11 is 0. The average molecular weight is 713 g/mol. The van der Waals surface area contributed by atoms with Gasteiger partial charge in [0.25, 0.3) is 0 Å². The first kappa shape index (κ1) is 33.2. The molecule has 0 spiro atoms. The first-order chi connectivity index (χ1) is 25.9. The van der Waals surface area contributed by atoms with Gasteiger partial charge in [-0.1, -0.05) is 17.7 Å². The largest absolute Gasteiger partial charge is 0.493 e. The fourth-order valence-electron chi connectivity index (χ4n) is 8.52. The molecule has 2 amide bonds. The van der Waals surface area contributed by atoms with Crippen LogP contribution in [0.4, 0.5) is 4.79 Å². The number of rotatable bonds is 3. The van der Waals surface area contributed by atoms with Crippen LogP contribution >= 0.6 is 0 Å². The molecule has 1 aliphatic carbocycles. The molecule has 2 unspecified atom stereocenters. The van der Waals surface area contributed by atoms with Gasteiger partial charge in [-0.25, -0.2) is 4.79 Å². The van der Waals surface area contributed by atoms with Crippen LogP contribution in [0.2, 0.25) is 0 Å². The van der Waals surface area contributed by atoms with E-state index in [1.165, 1.54) is 16.7 Å². The number of hydrogen-bond acceptors (Lipinski definition) is 8. The van der Waals surface area contributed by atoms with Crippen molar-refractivity contribution in [1.82, 2.24) is 20.4 Å². The number of hydrogen-bond donors (Lipinski definition) is 2. The molecule has 9 aliphatic rings. The van der Waals surface area contributed by atoms with Gasteiger partial charge in [-0.05, 0) is 128 Å². The molecule has 8 aliphatic heterocycles. The monoisotopic (exact) mass is 712 g/mol. The number of allylic oxidation sites excluding steroid dienone is 5. The van der Waals surface area contributed by atoms with E-state index in [0.29, 0.717) is 59.9 Å². The van der Waals surface area contributed by atoms with Crippen LogP contribution in [-0.2, 0) is 19.3 Å². The van der Waals surface area contributed by atoms with Gasteiger partial charge >= 0.3 is 6.03 Å². The lowest BCUT2D eigenvalue weighted by atomic mass is 9.84. The maximum Gasteiger partial charge on any atom is 0.322 e. The highest BCUT2D eigenvalue weighted by molar-refractivity contribution is 5.89. The zero-order valence-corrected chi connectivity index (χ0v) is 30.4. The first-order valence-corrected chi connectivity index (χ1v) is 18.5. The van der Waals surface area contributed by atoms with Crippen LogP contribution in [0.15, 0.2) is 105 Å². The van der Waals surface area contributed by atoms with Gasteiger partial charge in [0.1, 0.15) is 5.76 Å². The Bertz CT molecular complexity index is 2310. The number of dihydropyridines is 1. The Morgan fingerprint density at radius 2 is 1.77 bits per heavy atom. The molecule has 1 aromatic heterocycles. The van der Waals surface area contributed by atoms with E-state index in [1.54, 1.807) is 20.5 Å². The van der Waals surface area contributed by atoms with Gasteiger partial charge < -0.3 is 38.6 Å². The summed E-state index contributed by atoms with van der Waals surface area (Å²) in [5.41, 5.74) is 9.74. The summed E-state index contributed by atoms with van der Waals surface area (Å²) in [5, 5.41) is 7.31. The van der Waals surface area contributed by atoms with Crippen molar-refractivity contribution in [2.75, 3.05) is 40.9 Å². The normalized spacial score (nSPS) is 20.6. The molecule has 13 rings (SSSR count). The summed E-state index contributed by atoms with van der Waals surface area (Å²) in [6.45, 7) is 2.03. The minimum absolute atomic E-state index is 0.146. The second-order valence-electron chi connectivity index (χ2n) is 14.4. The number of ether oxygens (including phenoxy) is 3. The van der Waals surface area contributed by atoms with Crippen LogP contribution in [0.1, 0.15) is 59.2 Å². The van der Waals surface area contributed by atoms with E-state index in [4.69, 9.17) is 23.0 Å². The van der Waals surface area contributed by atoms with Gasteiger partial charge in [0.05, 0.1) is 33.1 Å². The van der Waals surface area contributed by atoms with Crippen molar-refractivity contribution < 1.29 is 27.8 Å². The second kappa shape index (κ2) is 13.7. The summed E-state index contributed by atoms with van der Waals surface area (Å²) in [6.07, 6.45) is 16.5. The molecule has 2 atom stereocenters. The van der Waals surface area contributed by atoms with E-state index in [-0.39, 0.29) is 18.1 Å². The zero-order chi connectivity index (χ0) is 36.1. The molecule has 9 heterocycles. The first-order valence-electron chi connectivity index (χ1n) is 18.5. The van der Waals surface area contributed by atoms with Gasteiger partial charge in [0, 0.05) is 36.6 Å². The fourth-order valence-corrected chi connectivity index (χ4v) is 8.52. The third-order valence-electron chi connectivity index (χ3n) is 11.3. The zero-order valence-electron chi connectivity index (χ0n) is 30.4. The van der Waals surface area contributed by atoms with Crippen molar-refractivity contribution in [1.29, 1.82) is 0 Å². The van der Waals surface area contributed by atoms with Gasteiger partial charge in [0.2, 0.25) is 0 Å². The highest BCUT2D eigenvalue weighted by Gasteiger charge is 2.34. The number of nitrogens with zero attached hydrogens (tertiary/aromatic N) is 2. The van der Waals surface area contributed by atoms with Gasteiger partial charge in [-0.2, -0.15) is 0 Å². The van der Waals surface area contributed by atoms with Gasteiger partial charge in [-0.15, -0.1) is 0 Å². The lowest BCUT2D eigenvalue weighted by molar-refractivity contribution is 0.171. The molecule has 0 saturated heterocycles. The number of carbonyl (C=O) groups is 1. The highest BCUT2D eigenvalue weighted by atomic mass is 16.5. The van der Waals surface area contributed by atoms with Crippen molar-refractivity contribution in [3.8, 4) is 17.2 Å². The molecule has 4 aromatic rings. The molecular weight excluding hydrogens is 668 g/mol. The average Bonchev–Trinajstić information content (AvgIpc) is 3.16. The van der Waals surface area contributed by atoms with E-state index in [9.17, 15) is 4.79 Å². The van der Waals surface area contributed by atoms with E-state index in [2.05, 4.69) is 59.0 Å². The number of nitrogens with one attached hydrogen (secondary N) is 2. The maximum atomic E-state index is 14.1. The molecule has 0 fully saturated rings. The number of likely N-dealkylation sites (N-methyl/N-ethyl adjacent to an activating group) is 1. The molecule has 0 saturated carbocycles. The van der Waals surface area contributed by atoms with Crippen molar-refractivity contribution in [3.63, 3.8) is 0 Å². The summed E-state index contributed by atoms with van der Waals surface area (Å²) in [5.74, 6) is 2.94. The predicted molar refractivity (Wildman–Crippen MR) is 203 cm³/mol. The van der Waals surface area contributed by atoms with Crippen molar-refractivity contribution in [3.05, 3.63) is 124 Å². The molecule has 0 radical (unpaired) electrons. The molecule has 2 N–H and O–H groups in total. The Labute approximate surface area is 308 Å². The van der Waals surface area contributed by atoms with E-state index in [1.807, 2.05) is 41.5 Å². The van der Waals surface area contributed by atoms with Crippen LogP contribution in [0.3, 0.4) is 0 Å². The fraction of sp³-hybridized carbons (Fsp3) is 0.326. The van der Waals surface area contributed by atoms with Crippen LogP contribution in [0.25, 0.3) is 22.1 Å². The number of benzene rings is 3. The lowest BCUT2D eigenvalue weighted by Gasteiger charge is -2.38. The van der Waals surface area contributed by atoms with Crippen LogP contribution in [0, 0.1) is 0 Å². The lowest BCUT2D eigenvalue weighted by Crippen LogP contribution is -2.47. The molecule has 272 valence electrons. The molecule has 53 heavy (non-hydrogen) atoms. The smallest absolute Gasteiger partial charge is 0.322 e. The SMILES string of the molecule is COc1ccc2cc1OC1=CC=C(CC1)CC1c3c(cc(OC)c4oc5cc6c(cc5occc34)C(C2)N(C(=O)NC2=CC=CNC2)CC6)CCN1C. The Kier molecular flexibility index (Phi) is 8.62. The standard InChI is InChI=1S/C43H44N4O6/c1-46-16-12-29-23-40(50-3)42-32-14-18-51-37-24-33-28(22-39(37)53-42)13-17-47(43(48)45-30-5-4-15-44-25-30)34(33)20-27-8-11-36(49-2)38(21-27)52-31-9-6-26(7-10-31)19-35(46)41(29)32/h4-6,8-9,11,14-15,18,21-24,34-35,44H,7,10,12-13,16-17,19-20,25H2,1-3H3,(H,45,48). The molecule has 10 heteroatoms. The van der Waals surface area contributed by atoms with Crippen molar-refractivity contribution >= 4 is 28.2 Å². The Morgan fingerprint density at radius 3 is 2.58 bits per heavy atom. The molecule has 10 nitrogen and oxygen atoms in total. The topological polar surface area (TPSA) is 102 Å². The number of methoxy groups -OCH3 is 2. The third-order valence-corrected chi connectivity index (χ3v) is 11.3. The Balaban J connectivity index is 1.26.